The van der Waals surface area contributed by atoms with Gasteiger partial charge in [-0.2, -0.15) is 9.78 Å². The third-order valence-corrected chi connectivity index (χ3v) is 4.63. The fourth-order valence-electron chi connectivity index (χ4n) is 3.16. The third-order valence-electron chi connectivity index (χ3n) is 4.63. The molecule has 30 heavy (non-hydrogen) atoms. The van der Waals surface area contributed by atoms with Gasteiger partial charge in [0.15, 0.2) is 5.82 Å². The highest BCUT2D eigenvalue weighted by atomic mass is 16.5. The van der Waals surface area contributed by atoms with Gasteiger partial charge in [-0.15, -0.1) is 5.10 Å². The number of amides is 1. The number of nitrogens with one attached hydrogen (secondary N) is 1. The molecule has 0 spiro atoms. The lowest BCUT2D eigenvalue weighted by Crippen LogP contribution is -2.18. The van der Waals surface area contributed by atoms with E-state index in [1.54, 1.807) is 49.0 Å². The molecule has 0 aliphatic heterocycles. The van der Waals surface area contributed by atoms with E-state index in [9.17, 15) is 9.59 Å². The number of hydrogen-bond donors (Lipinski definition) is 1. The van der Waals surface area contributed by atoms with E-state index < -0.39 is 0 Å². The second kappa shape index (κ2) is 8.11. The van der Waals surface area contributed by atoms with E-state index in [1.165, 1.54) is 10.9 Å². The van der Waals surface area contributed by atoms with Crippen molar-refractivity contribution in [3.63, 3.8) is 0 Å². The van der Waals surface area contributed by atoms with Gasteiger partial charge in [0, 0.05) is 17.5 Å². The van der Waals surface area contributed by atoms with Crippen LogP contribution in [0.1, 0.15) is 12.2 Å². The number of para-hydroxylation sites is 1. The number of ether oxygens (including phenoxy) is 1. The summed E-state index contributed by atoms with van der Waals surface area (Å²) in [5.74, 6) is 0.976. The normalized spacial score (nSPS) is 10.9. The molecule has 0 unspecified atom stereocenters. The Bertz CT molecular complexity index is 1280. The van der Waals surface area contributed by atoms with Gasteiger partial charge in [-0.3, -0.25) is 14.3 Å². The number of methoxy groups -OCH3 is 1. The number of tetrazole rings is 1. The lowest BCUT2D eigenvalue weighted by Gasteiger charge is -2.12. The van der Waals surface area contributed by atoms with Crippen LogP contribution in [0.5, 0.6) is 5.75 Å². The quantitative estimate of drug-likeness (QED) is 0.519. The minimum Gasteiger partial charge on any atom is -0.494 e. The number of benzene rings is 2. The molecule has 4 rings (SSSR count). The Morgan fingerprint density at radius 2 is 2.03 bits per heavy atom. The first-order chi connectivity index (χ1) is 14.6. The summed E-state index contributed by atoms with van der Waals surface area (Å²) >= 11 is 0. The number of hydrogen-bond acceptors (Lipinski definition) is 7. The Labute approximate surface area is 171 Å². The van der Waals surface area contributed by atoms with Crippen LogP contribution in [0.25, 0.3) is 16.6 Å². The number of nitrogens with zero attached hydrogens (tertiary/aromatic N) is 6. The summed E-state index contributed by atoms with van der Waals surface area (Å²) in [7, 11) is 1.55. The molecular formula is C20H19N7O3. The number of carbonyl (C=O) groups excluding carboxylic acids is 1. The van der Waals surface area contributed by atoms with Crippen molar-refractivity contribution in [1.29, 1.82) is 0 Å². The molecule has 2 heterocycles. The van der Waals surface area contributed by atoms with E-state index in [1.807, 2.05) is 12.1 Å². The Morgan fingerprint density at radius 1 is 1.20 bits per heavy atom. The van der Waals surface area contributed by atoms with Crippen LogP contribution in [0.3, 0.4) is 0 Å². The number of anilines is 1. The van der Waals surface area contributed by atoms with E-state index in [4.69, 9.17) is 4.74 Å². The fraction of sp³-hybridized carbons (Fsp3) is 0.200. The van der Waals surface area contributed by atoms with Crippen molar-refractivity contribution in [2.24, 2.45) is 0 Å². The molecule has 4 aromatic rings. The van der Waals surface area contributed by atoms with Crippen molar-refractivity contribution >= 4 is 22.5 Å². The highest BCUT2D eigenvalue weighted by Gasteiger charge is 2.13. The summed E-state index contributed by atoms with van der Waals surface area (Å²) in [5.41, 5.74) is 1.75. The molecule has 2 aromatic heterocycles. The molecule has 0 atom stereocenters. The predicted molar refractivity (Wildman–Crippen MR) is 110 cm³/mol. The molecule has 2 aromatic carbocycles. The second-order valence-electron chi connectivity index (χ2n) is 6.57. The van der Waals surface area contributed by atoms with Crippen molar-refractivity contribution in [2.75, 3.05) is 12.4 Å². The van der Waals surface area contributed by atoms with Gasteiger partial charge in [0.2, 0.25) is 11.3 Å². The zero-order chi connectivity index (χ0) is 21.1. The van der Waals surface area contributed by atoms with E-state index in [0.717, 1.165) is 0 Å². The van der Waals surface area contributed by atoms with Crippen molar-refractivity contribution in [1.82, 2.24) is 30.0 Å². The molecule has 0 aliphatic carbocycles. The first-order valence-electron chi connectivity index (χ1n) is 9.25. The topological polar surface area (TPSA) is 117 Å². The number of rotatable bonds is 6. The summed E-state index contributed by atoms with van der Waals surface area (Å²) in [4.78, 5) is 24.5. The minimum atomic E-state index is -0.191. The molecule has 1 N–H and O–H groups in total. The second-order valence-corrected chi connectivity index (χ2v) is 6.57. The summed E-state index contributed by atoms with van der Waals surface area (Å²) in [5, 5.41) is 19.1. The average molecular weight is 405 g/mol. The van der Waals surface area contributed by atoms with Crippen LogP contribution in [0, 0.1) is 6.92 Å². The van der Waals surface area contributed by atoms with Gasteiger partial charge in [-0.1, -0.05) is 12.1 Å². The first kappa shape index (κ1) is 19.2. The molecule has 10 heteroatoms. The van der Waals surface area contributed by atoms with Crippen LogP contribution in [-0.4, -0.2) is 43.0 Å². The van der Waals surface area contributed by atoms with Gasteiger partial charge >= 0.3 is 0 Å². The highest BCUT2D eigenvalue weighted by Crippen LogP contribution is 2.26. The van der Waals surface area contributed by atoms with Gasteiger partial charge in [0.1, 0.15) is 11.4 Å². The van der Waals surface area contributed by atoms with Gasteiger partial charge in [0.05, 0.1) is 25.4 Å². The zero-order valence-corrected chi connectivity index (χ0v) is 16.4. The van der Waals surface area contributed by atoms with Crippen molar-refractivity contribution in [2.45, 2.75) is 19.9 Å². The Kier molecular flexibility index (Phi) is 5.21. The van der Waals surface area contributed by atoms with E-state index in [-0.39, 0.29) is 17.8 Å². The lowest BCUT2D eigenvalue weighted by molar-refractivity contribution is -0.116. The maximum absolute atomic E-state index is 12.5. The maximum atomic E-state index is 12.5. The molecule has 0 saturated carbocycles. The number of aromatic nitrogens is 6. The monoisotopic (exact) mass is 405 g/mol. The lowest BCUT2D eigenvalue weighted by atomic mass is 10.2. The first-order valence-corrected chi connectivity index (χ1v) is 9.25. The van der Waals surface area contributed by atoms with E-state index in [2.05, 4.69) is 25.9 Å². The van der Waals surface area contributed by atoms with Gasteiger partial charge in [-0.05, 0) is 47.7 Å². The Morgan fingerprint density at radius 3 is 2.80 bits per heavy atom. The number of carbonyl (C=O) groups is 1. The molecule has 0 saturated heterocycles. The average Bonchev–Trinajstić information content (AvgIpc) is 3.19. The summed E-state index contributed by atoms with van der Waals surface area (Å²) in [6.45, 7) is 2.11. The molecule has 0 fully saturated rings. The molecule has 0 bridgehead atoms. The fourth-order valence-corrected chi connectivity index (χ4v) is 3.16. The predicted octanol–water partition coefficient (Wildman–Crippen LogP) is 1.72. The van der Waals surface area contributed by atoms with E-state index >= 15 is 0 Å². The van der Waals surface area contributed by atoms with Gasteiger partial charge < -0.3 is 10.1 Å². The third kappa shape index (κ3) is 3.75. The smallest absolute Gasteiger partial charge is 0.226 e. The highest BCUT2D eigenvalue weighted by molar-refractivity contribution is 5.91. The standard InChI is InChI=1S/C20H19N7O3/c1-13-23-24-25-27(13)17-11-14(7-8-19(17)30-2)22-20(29)9-10-26-16-6-4-3-5-15(16)18(28)12-21-26/h3-8,11-12H,9-10H2,1-2H3,(H,22,29). The SMILES string of the molecule is COc1ccc(NC(=O)CCn2ncc(=O)c3ccccc32)cc1-n1nnnc1C. The molecule has 152 valence electrons. The van der Waals surface area contributed by atoms with Crippen molar-refractivity contribution < 1.29 is 9.53 Å². The summed E-state index contributed by atoms with van der Waals surface area (Å²) in [6, 6.07) is 12.4. The van der Waals surface area contributed by atoms with Crippen LogP contribution in [0.2, 0.25) is 0 Å². The van der Waals surface area contributed by atoms with Crippen molar-refractivity contribution in [3.8, 4) is 11.4 Å². The Hall–Kier alpha value is -4.08. The number of fused-ring (bicyclic) bond motifs is 1. The van der Waals surface area contributed by atoms with Crippen LogP contribution >= 0.6 is 0 Å². The van der Waals surface area contributed by atoms with Crippen molar-refractivity contribution in [3.05, 3.63) is 64.7 Å². The molecule has 0 radical (unpaired) electrons. The van der Waals surface area contributed by atoms with Gasteiger partial charge in [-0.25, -0.2) is 0 Å². The summed E-state index contributed by atoms with van der Waals surface area (Å²) in [6.07, 6.45) is 1.45. The van der Waals surface area contributed by atoms with Crippen LogP contribution in [0.4, 0.5) is 5.69 Å². The molecule has 0 aliphatic rings. The maximum Gasteiger partial charge on any atom is 0.226 e. The van der Waals surface area contributed by atoms with Gasteiger partial charge in [0.25, 0.3) is 0 Å². The van der Waals surface area contributed by atoms with Crippen LogP contribution in [0.15, 0.2) is 53.5 Å². The minimum absolute atomic E-state index is 0.144. The van der Waals surface area contributed by atoms with Crippen LogP contribution < -0.4 is 15.5 Å². The summed E-state index contributed by atoms with van der Waals surface area (Å²) < 4.78 is 8.56. The number of aryl methyl sites for hydroxylation is 2. The molecular weight excluding hydrogens is 386 g/mol. The zero-order valence-electron chi connectivity index (χ0n) is 16.4. The Balaban J connectivity index is 1.51. The van der Waals surface area contributed by atoms with E-state index in [0.29, 0.717) is 40.4 Å². The molecule has 10 nitrogen and oxygen atoms in total. The van der Waals surface area contributed by atoms with Crippen LogP contribution in [-0.2, 0) is 11.3 Å². The largest absolute Gasteiger partial charge is 0.494 e. The molecule has 1 amide bonds.